The number of carbonyl (C=O) groups is 2. The van der Waals surface area contributed by atoms with Crippen molar-refractivity contribution in [2.45, 2.75) is 12.5 Å². The Morgan fingerprint density at radius 2 is 2.04 bits per heavy atom. The molecule has 0 radical (unpaired) electrons. The third kappa shape index (κ3) is 4.90. The fourth-order valence-corrected chi connectivity index (χ4v) is 2.49. The van der Waals surface area contributed by atoms with E-state index >= 15 is 0 Å². The SMILES string of the molecule is O=C(C[C@@H]1N=C(N/N=C/c2ccccc2)NC1=O)Nc1cccc(Cl)c1. The summed E-state index contributed by atoms with van der Waals surface area (Å²) in [6.45, 7) is 0. The van der Waals surface area contributed by atoms with E-state index in [1.807, 2.05) is 30.3 Å². The lowest BCUT2D eigenvalue weighted by atomic mass is 10.2. The summed E-state index contributed by atoms with van der Waals surface area (Å²) in [5, 5.41) is 9.77. The second-order valence-electron chi connectivity index (χ2n) is 5.53. The van der Waals surface area contributed by atoms with E-state index < -0.39 is 6.04 Å². The van der Waals surface area contributed by atoms with Gasteiger partial charge in [0.15, 0.2) is 0 Å². The minimum Gasteiger partial charge on any atom is -0.326 e. The predicted molar refractivity (Wildman–Crippen MR) is 101 cm³/mol. The molecule has 2 aromatic rings. The number of rotatable bonds is 5. The van der Waals surface area contributed by atoms with E-state index in [0.29, 0.717) is 10.7 Å². The van der Waals surface area contributed by atoms with E-state index in [2.05, 4.69) is 26.2 Å². The number of amides is 2. The molecule has 0 spiro atoms. The van der Waals surface area contributed by atoms with E-state index in [-0.39, 0.29) is 24.2 Å². The van der Waals surface area contributed by atoms with Crippen molar-refractivity contribution in [2.24, 2.45) is 10.1 Å². The quantitative estimate of drug-likeness (QED) is 0.556. The Balaban J connectivity index is 1.54. The van der Waals surface area contributed by atoms with Crippen molar-refractivity contribution in [3.8, 4) is 0 Å². The van der Waals surface area contributed by atoms with Crippen LogP contribution in [0.4, 0.5) is 5.69 Å². The molecule has 1 aliphatic rings. The number of aliphatic imine (C=N–C) groups is 1. The van der Waals surface area contributed by atoms with Gasteiger partial charge in [-0.25, -0.2) is 10.4 Å². The molecule has 0 saturated heterocycles. The highest BCUT2D eigenvalue weighted by Gasteiger charge is 2.28. The van der Waals surface area contributed by atoms with Crippen molar-refractivity contribution in [3.63, 3.8) is 0 Å². The van der Waals surface area contributed by atoms with Gasteiger partial charge in [-0.3, -0.25) is 14.9 Å². The molecule has 132 valence electrons. The summed E-state index contributed by atoms with van der Waals surface area (Å²) in [6, 6.07) is 15.5. The summed E-state index contributed by atoms with van der Waals surface area (Å²) in [5.41, 5.74) is 4.13. The number of hydrogen-bond donors (Lipinski definition) is 3. The largest absolute Gasteiger partial charge is 0.326 e. The van der Waals surface area contributed by atoms with Crippen LogP contribution in [0.5, 0.6) is 0 Å². The zero-order valence-corrected chi connectivity index (χ0v) is 14.4. The third-order valence-corrected chi connectivity index (χ3v) is 3.74. The number of hydrogen-bond acceptors (Lipinski definition) is 5. The maximum atomic E-state index is 12.1. The summed E-state index contributed by atoms with van der Waals surface area (Å²) in [5.74, 6) is -0.475. The average Bonchev–Trinajstić information content (AvgIpc) is 2.95. The first-order chi connectivity index (χ1) is 12.6. The van der Waals surface area contributed by atoms with Crippen LogP contribution >= 0.6 is 11.6 Å². The highest BCUT2D eigenvalue weighted by molar-refractivity contribution is 6.30. The Hall–Kier alpha value is -3.19. The molecule has 7 nitrogen and oxygen atoms in total. The first-order valence-electron chi connectivity index (χ1n) is 7.88. The molecule has 2 aromatic carbocycles. The van der Waals surface area contributed by atoms with Crippen LogP contribution in [-0.4, -0.2) is 30.0 Å². The van der Waals surface area contributed by atoms with Gasteiger partial charge in [-0.1, -0.05) is 48.0 Å². The molecule has 8 heteroatoms. The monoisotopic (exact) mass is 369 g/mol. The van der Waals surface area contributed by atoms with Crippen LogP contribution in [0.3, 0.4) is 0 Å². The Bertz CT molecular complexity index is 867. The molecule has 0 unspecified atom stereocenters. The molecule has 3 rings (SSSR count). The van der Waals surface area contributed by atoms with Crippen molar-refractivity contribution < 1.29 is 9.59 Å². The van der Waals surface area contributed by atoms with E-state index in [4.69, 9.17) is 11.6 Å². The van der Waals surface area contributed by atoms with Crippen molar-refractivity contribution in [3.05, 3.63) is 65.2 Å². The van der Waals surface area contributed by atoms with E-state index in [1.165, 1.54) is 0 Å². The summed E-state index contributed by atoms with van der Waals surface area (Å²) < 4.78 is 0. The maximum absolute atomic E-state index is 12.1. The lowest BCUT2D eigenvalue weighted by Gasteiger charge is -2.07. The second-order valence-corrected chi connectivity index (χ2v) is 5.96. The lowest BCUT2D eigenvalue weighted by Crippen LogP contribution is -2.35. The van der Waals surface area contributed by atoms with Crippen molar-refractivity contribution >= 4 is 41.3 Å². The Labute approximate surface area is 155 Å². The topological polar surface area (TPSA) is 94.9 Å². The summed E-state index contributed by atoms with van der Waals surface area (Å²) >= 11 is 5.87. The number of hydrazone groups is 1. The van der Waals surface area contributed by atoms with Crippen LogP contribution in [-0.2, 0) is 9.59 Å². The van der Waals surface area contributed by atoms with Gasteiger partial charge in [0, 0.05) is 10.7 Å². The number of halogens is 1. The van der Waals surface area contributed by atoms with Crippen LogP contribution in [0.2, 0.25) is 5.02 Å². The molecule has 0 aliphatic carbocycles. The fourth-order valence-electron chi connectivity index (χ4n) is 2.30. The molecule has 1 aliphatic heterocycles. The Morgan fingerprint density at radius 3 is 2.81 bits per heavy atom. The zero-order valence-electron chi connectivity index (χ0n) is 13.6. The first-order valence-corrected chi connectivity index (χ1v) is 8.26. The normalized spacial score (nSPS) is 16.3. The molecule has 0 bridgehead atoms. The van der Waals surface area contributed by atoms with E-state index in [9.17, 15) is 9.59 Å². The molecule has 0 aromatic heterocycles. The smallest absolute Gasteiger partial charge is 0.252 e. The summed E-state index contributed by atoms with van der Waals surface area (Å²) in [7, 11) is 0. The minimum atomic E-state index is -0.802. The zero-order chi connectivity index (χ0) is 18.4. The van der Waals surface area contributed by atoms with Crippen LogP contribution in [0, 0.1) is 0 Å². The summed E-state index contributed by atoms with van der Waals surface area (Å²) in [6.07, 6.45) is 1.53. The number of nitrogens with one attached hydrogen (secondary N) is 3. The molecular weight excluding hydrogens is 354 g/mol. The highest BCUT2D eigenvalue weighted by Crippen LogP contribution is 2.15. The second kappa shape index (κ2) is 8.26. The van der Waals surface area contributed by atoms with Gasteiger partial charge in [0.25, 0.3) is 5.91 Å². The number of guanidine groups is 1. The standard InChI is InChI=1S/C18H16ClN5O2/c19-13-7-4-8-14(9-13)21-16(25)10-15-17(26)23-18(22-15)24-20-11-12-5-2-1-3-6-12/h1-9,11,15H,10H2,(H,21,25)(H2,22,23,24,26)/b20-11+/t15-/m0/s1. The molecule has 26 heavy (non-hydrogen) atoms. The van der Waals surface area contributed by atoms with Gasteiger partial charge in [-0.2, -0.15) is 5.10 Å². The van der Waals surface area contributed by atoms with Crippen molar-refractivity contribution in [2.75, 3.05) is 5.32 Å². The molecule has 0 saturated carbocycles. The fraction of sp³-hybridized carbons (Fsp3) is 0.111. The van der Waals surface area contributed by atoms with Crippen molar-refractivity contribution in [1.82, 2.24) is 10.7 Å². The number of anilines is 1. The van der Waals surface area contributed by atoms with Crippen molar-refractivity contribution in [1.29, 1.82) is 0 Å². The molecular formula is C18H16ClN5O2. The Morgan fingerprint density at radius 1 is 1.23 bits per heavy atom. The predicted octanol–water partition coefficient (Wildman–Crippen LogP) is 2.15. The number of benzene rings is 2. The van der Waals surface area contributed by atoms with Crippen LogP contribution in [0.1, 0.15) is 12.0 Å². The lowest BCUT2D eigenvalue weighted by molar-refractivity contribution is -0.123. The van der Waals surface area contributed by atoms with Gasteiger partial charge in [-0.05, 0) is 23.8 Å². The molecule has 2 amide bonds. The van der Waals surface area contributed by atoms with Gasteiger partial charge < -0.3 is 5.32 Å². The third-order valence-electron chi connectivity index (χ3n) is 3.50. The van der Waals surface area contributed by atoms with Crippen LogP contribution < -0.4 is 16.1 Å². The van der Waals surface area contributed by atoms with Gasteiger partial charge in [0.1, 0.15) is 6.04 Å². The van der Waals surface area contributed by atoms with E-state index in [1.54, 1.807) is 30.5 Å². The highest BCUT2D eigenvalue weighted by atomic mass is 35.5. The first kappa shape index (κ1) is 17.6. The van der Waals surface area contributed by atoms with Gasteiger partial charge in [0.2, 0.25) is 11.9 Å². The van der Waals surface area contributed by atoms with Crippen LogP contribution in [0.25, 0.3) is 0 Å². The van der Waals surface area contributed by atoms with Gasteiger partial charge in [0.05, 0.1) is 12.6 Å². The minimum absolute atomic E-state index is 0.0775. The number of nitrogens with zero attached hydrogens (tertiary/aromatic N) is 2. The average molecular weight is 370 g/mol. The summed E-state index contributed by atoms with van der Waals surface area (Å²) in [4.78, 5) is 28.2. The molecule has 3 N–H and O–H groups in total. The molecule has 1 heterocycles. The Kier molecular flexibility index (Phi) is 5.60. The van der Waals surface area contributed by atoms with Gasteiger partial charge >= 0.3 is 0 Å². The molecule has 0 fully saturated rings. The molecule has 1 atom stereocenters. The van der Waals surface area contributed by atoms with Gasteiger partial charge in [-0.15, -0.1) is 0 Å². The number of carbonyl (C=O) groups excluding carboxylic acids is 2. The van der Waals surface area contributed by atoms with E-state index in [0.717, 1.165) is 5.56 Å². The van der Waals surface area contributed by atoms with Crippen LogP contribution in [0.15, 0.2) is 64.7 Å². The maximum Gasteiger partial charge on any atom is 0.252 e.